The molecular formula is C16H21Cl2NO3. The molecule has 1 saturated heterocycles. The molecule has 122 valence electrons. The SMILES string of the molecule is O[C@H](CNC1CCC2(CC1)OCCO2)c1cc(Cl)cc(Cl)c1. The average Bonchev–Trinajstić information content (AvgIpc) is 2.94. The number of nitrogens with one attached hydrogen (secondary N) is 1. The van der Waals surface area contributed by atoms with Crippen molar-refractivity contribution in [3.8, 4) is 0 Å². The topological polar surface area (TPSA) is 50.7 Å². The average molecular weight is 346 g/mol. The molecule has 22 heavy (non-hydrogen) atoms. The molecule has 6 heteroatoms. The summed E-state index contributed by atoms with van der Waals surface area (Å²) in [5, 5.41) is 14.8. The lowest BCUT2D eigenvalue weighted by molar-refractivity contribution is -0.179. The maximum absolute atomic E-state index is 10.3. The van der Waals surface area contributed by atoms with E-state index in [1.807, 2.05) is 0 Å². The summed E-state index contributed by atoms with van der Waals surface area (Å²) >= 11 is 11.9. The van der Waals surface area contributed by atoms with E-state index in [1.165, 1.54) is 0 Å². The van der Waals surface area contributed by atoms with Crippen molar-refractivity contribution in [2.45, 2.75) is 43.6 Å². The number of aliphatic hydroxyl groups excluding tert-OH is 1. The Morgan fingerprint density at radius 1 is 1.14 bits per heavy atom. The Bertz CT molecular complexity index is 490. The van der Waals surface area contributed by atoms with Crippen LogP contribution in [0.15, 0.2) is 18.2 Å². The fourth-order valence-corrected chi connectivity index (χ4v) is 3.75. The van der Waals surface area contributed by atoms with Gasteiger partial charge in [-0.3, -0.25) is 0 Å². The number of benzene rings is 1. The highest BCUT2D eigenvalue weighted by Crippen LogP contribution is 2.35. The van der Waals surface area contributed by atoms with E-state index < -0.39 is 6.10 Å². The molecule has 1 spiro atoms. The normalized spacial score (nSPS) is 23.0. The first-order valence-corrected chi connectivity index (χ1v) is 8.47. The van der Waals surface area contributed by atoms with Crippen LogP contribution in [0.2, 0.25) is 10.0 Å². The van der Waals surface area contributed by atoms with Gasteiger partial charge in [-0.05, 0) is 36.6 Å². The van der Waals surface area contributed by atoms with E-state index >= 15 is 0 Å². The molecule has 1 atom stereocenters. The van der Waals surface area contributed by atoms with Crippen LogP contribution in [-0.2, 0) is 9.47 Å². The van der Waals surface area contributed by atoms with E-state index in [2.05, 4.69) is 5.32 Å². The summed E-state index contributed by atoms with van der Waals surface area (Å²) in [6.45, 7) is 1.88. The molecular weight excluding hydrogens is 325 g/mol. The van der Waals surface area contributed by atoms with E-state index in [1.54, 1.807) is 18.2 Å². The van der Waals surface area contributed by atoms with Crippen LogP contribution in [0.5, 0.6) is 0 Å². The molecule has 4 nitrogen and oxygen atoms in total. The number of hydrogen-bond acceptors (Lipinski definition) is 4. The van der Waals surface area contributed by atoms with Crippen molar-refractivity contribution in [3.63, 3.8) is 0 Å². The van der Waals surface area contributed by atoms with Crippen molar-refractivity contribution in [1.29, 1.82) is 0 Å². The van der Waals surface area contributed by atoms with Crippen LogP contribution >= 0.6 is 23.2 Å². The van der Waals surface area contributed by atoms with Crippen LogP contribution in [0.25, 0.3) is 0 Å². The maximum atomic E-state index is 10.3. The molecule has 1 aromatic rings. The van der Waals surface area contributed by atoms with Crippen molar-refractivity contribution < 1.29 is 14.6 Å². The van der Waals surface area contributed by atoms with Gasteiger partial charge in [-0.25, -0.2) is 0 Å². The van der Waals surface area contributed by atoms with Crippen LogP contribution in [-0.4, -0.2) is 36.7 Å². The monoisotopic (exact) mass is 345 g/mol. The molecule has 1 aromatic carbocycles. The lowest BCUT2D eigenvalue weighted by atomic mass is 9.90. The second-order valence-corrected chi connectivity index (χ2v) is 6.88. The first-order valence-electron chi connectivity index (χ1n) is 7.72. The Kier molecular flexibility index (Phi) is 5.28. The second kappa shape index (κ2) is 7.04. The molecule has 2 fully saturated rings. The van der Waals surface area contributed by atoms with Gasteiger partial charge in [0.25, 0.3) is 0 Å². The number of halogens is 2. The third-order valence-electron chi connectivity index (χ3n) is 4.43. The van der Waals surface area contributed by atoms with E-state index in [9.17, 15) is 5.11 Å². The van der Waals surface area contributed by atoms with Gasteiger partial charge in [0, 0.05) is 35.5 Å². The molecule has 1 heterocycles. The Morgan fingerprint density at radius 2 is 1.73 bits per heavy atom. The van der Waals surface area contributed by atoms with Gasteiger partial charge in [0.05, 0.1) is 19.3 Å². The van der Waals surface area contributed by atoms with E-state index in [0.29, 0.717) is 35.8 Å². The summed E-state index contributed by atoms with van der Waals surface area (Å²) < 4.78 is 11.4. The largest absolute Gasteiger partial charge is 0.387 e. The van der Waals surface area contributed by atoms with Crippen molar-refractivity contribution >= 4 is 23.2 Å². The summed E-state index contributed by atoms with van der Waals surface area (Å²) in [6.07, 6.45) is 3.17. The maximum Gasteiger partial charge on any atom is 0.168 e. The Balaban J connectivity index is 1.48. The minimum Gasteiger partial charge on any atom is -0.387 e. The first kappa shape index (κ1) is 16.5. The second-order valence-electron chi connectivity index (χ2n) is 6.01. The summed E-state index contributed by atoms with van der Waals surface area (Å²) in [7, 11) is 0. The Morgan fingerprint density at radius 3 is 2.32 bits per heavy atom. The zero-order chi connectivity index (χ0) is 15.6. The van der Waals surface area contributed by atoms with Gasteiger partial charge >= 0.3 is 0 Å². The first-order chi connectivity index (χ1) is 10.6. The predicted octanol–water partition coefficient (Wildman–Crippen LogP) is 3.30. The fourth-order valence-electron chi connectivity index (χ4n) is 3.21. The molecule has 0 aromatic heterocycles. The van der Waals surface area contributed by atoms with Crippen molar-refractivity contribution in [1.82, 2.24) is 5.32 Å². The quantitative estimate of drug-likeness (QED) is 0.878. The highest BCUT2D eigenvalue weighted by atomic mass is 35.5. The lowest BCUT2D eigenvalue weighted by Crippen LogP contribution is -2.43. The zero-order valence-electron chi connectivity index (χ0n) is 12.4. The van der Waals surface area contributed by atoms with Gasteiger partial charge in [0.15, 0.2) is 5.79 Å². The summed E-state index contributed by atoms with van der Waals surface area (Å²) in [5.74, 6) is -0.336. The Hall–Kier alpha value is -0.360. The summed E-state index contributed by atoms with van der Waals surface area (Å²) in [5.41, 5.74) is 0.736. The van der Waals surface area contributed by atoms with Crippen molar-refractivity contribution in [2.24, 2.45) is 0 Å². The highest BCUT2D eigenvalue weighted by Gasteiger charge is 2.40. The molecule has 0 unspecified atom stereocenters. The summed E-state index contributed by atoms with van der Waals surface area (Å²) in [6, 6.07) is 5.53. The molecule has 3 rings (SSSR count). The number of aliphatic hydroxyl groups is 1. The number of hydrogen-bond donors (Lipinski definition) is 2. The Labute approximate surface area is 140 Å². The molecule has 0 amide bonds. The minimum absolute atomic E-state index is 0.336. The van der Waals surface area contributed by atoms with E-state index in [4.69, 9.17) is 32.7 Å². The van der Waals surface area contributed by atoms with Gasteiger partial charge in [0.2, 0.25) is 0 Å². The van der Waals surface area contributed by atoms with Gasteiger partial charge in [0.1, 0.15) is 0 Å². The molecule has 1 saturated carbocycles. The highest BCUT2D eigenvalue weighted by molar-refractivity contribution is 6.34. The number of rotatable bonds is 4. The third kappa shape index (κ3) is 3.94. The standard InChI is InChI=1S/C16H21Cl2NO3/c17-12-7-11(8-13(18)9-12)15(20)10-19-14-1-3-16(4-2-14)21-5-6-22-16/h7-9,14-15,19-20H,1-6,10H2/t15-/m1/s1. The van der Waals surface area contributed by atoms with Crippen molar-refractivity contribution in [2.75, 3.05) is 19.8 Å². The van der Waals surface area contributed by atoms with Crippen molar-refractivity contribution in [3.05, 3.63) is 33.8 Å². The lowest BCUT2D eigenvalue weighted by Gasteiger charge is -2.36. The van der Waals surface area contributed by atoms with Gasteiger partial charge in [-0.2, -0.15) is 0 Å². The number of ether oxygens (including phenoxy) is 2. The zero-order valence-corrected chi connectivity index (χ0v) is 13.9. The van der Waals surface area contributed by atoms with Gasteiger partial charge < -0.3 is 19.9 Å². The van der Waals surface area contributed by atoms with Crippen LogP contribution < -0.4 is 5.32 Å². The van der Waals surface area contributed by atoms with E-state index in [0.717, 1.165) is 31.2 Å². The molecule has 1 aliphatic carbocycles. The fraction of sp³-hybridized carbons (Fsp3) is 0.625. The minimum atomic E-state index is -0.619. The molecule has 0 bridgehead atoms. The van der Waals surface area contributed by atoms with Gasteiger partial charge in [-0.1, -0.05) is 23.2 Å². The predicted molar refractivity (Wildman–Crippen MR) is 86.3 cm³/mol. The van der Waals surface area contributed by atoms with Crippen LogP contribution in [0, 0.1) is 0 Å². The molecule has 1 aliphatic heterocycles. The smallest absolute Gasteiger partial charge is 0.168 e. The van der Waals surface area contributed by atoms with Crippen LogP contribution in [0.3, 0.4) is 0 Å². The molecule has 2 N–H and O–H groups in total. The van der Waals surface area contributed by atoms with Crippen LogP contribution in [0.1, 0.15) is 37.4 Å². The van der Waals surface area contributed by atoms with E-state index in [-0.39, 0.29) is 5.79 Å². The van der Waals surface area contributed by atoms with Crippen LogP contribution in [0.4, 0.5) is 0 Å². The van der Waals surface area contributed by atoms with Gasteiger partial charge in [-0.15, -0.1) is 0 Å². The third-order valence-corrected chi connectivity index (χ3v) is 4.87. The molecule has 0 radical (unpaired) electrons. The molecule has 2 aliphatic rings. The summed E-state index contributed by atoms with van der Waals surface area (Å²) in [4.78, 5) is 0.